The molecule has 1 fully saturated rings. The number of rotatable bonds is 4. The molecule has 2 aromatic rings. The van der Waals surface area contributed by atoms with E-state index in [0.29, 0.717) is 30.2 Å². The number of methoxy groups -OCH3 is 1. The van der Waals surface area contributed by atoms with Crippen molar-refractivity contribution in [1.29, 1.82) is 0 Å². The van der Waals surface area contributed by atoms with Gasteiger partial charge in [-0.1, -0.05) is 0 Å². The first-order chi connectivity index (χ1) is 12.9. The van der Waals surface area contributed by atoms with E-state index < -0.39 is 6.04 Å². The molecule has 27 heavy (non-hydrogen) atoms. The molecular weight excluding hydrogens is 348 g/mol. The number of hydrogen-bond acceptors (Lipinski definition) is 5. The number of ether oxygens (including phenoxy) is 1. The van der Waals surface area contributed by atoms with Crippen molar-refractivity contribution in [2.75, 3.05) is 25.1 Å². The number of aromatic nitrogens is 2. The molecule has 8 nitrogen and oxygen atoms in total. The second kappa shape index (κ2) is 7.61. The van der Waals surface area contributed by atoms with Gasteiger partial charge in [0.2, 0.25) is 11.8 Å². The normalized spacial score (nSPS) is 17.1. The maximum atomic E-state index is 12.8. The lowest BCUT2D eigenvalue weighted by atomic mass is 10.1. The number of benzene rings is 1. The van der Waals surface area contributed by atoms with Crippen LogP contribution in [0.4, 0.5) is 5.69 Å². The minimum absolute atomic E-state index is 0.0806. The summed E-state index contributed by atoms with van der Waals surface area (Å²) in [6.07, 6.45) is 1.33. The zero-order valence-electron chi connectivity index (χ0n) is 15.6. The van der Waals surface area contributed by atoms with Crippen LogP contribution < -0.4 is 15.2 Å². The molecule has 2 amide bonds. The maximum Gasteiger partial charge on any atom is 0.254 e. The highest BCUT2D eigenvalue weighted by Gasteiger charge is 2.35. The van der Waals surface area contributed by atoms with E-state index in [4.69, 9.17) is 4.74 Å². The number of piperazine rings is 1. The van der Waals surface area contributed by atoms with E-state index in [9.17, 15) is 14.4 Å². The number of carbonyl (C=O) groups excluding carboxylic acids is 2. The zero-order valence-corrected chi connectivity index (χ0v) is 15.6. The number of aryl methyl sites for hydroxylation is 1. The fourth-order valence-corrected chi connectivity index (χ4v) is 3.13. The molecule has 0 bridgehead atoms. The third-order valence-electron chi connectivity index (χ3n) is 4.70. The van der Waals surface area contributed by atoms with E-state index in [1.165, 1.54) is 11.1 Å². The minimum atomic E-state index is -0.606. The van der Waals surface area contributed by atoms with Crippen molar-refractivity contribution in [1.82, 2.24) is 14.9 Å². The number of H-pyrrole nitrogens is 1. The van der Waals surface area contributed by atoms with Crippen LogP contribution in [0, 0.1) is 6.92 Å². The molecule has 1 aliphatic rings. The summed E-state index contributed by atoms with van der Waals surface area (Å²) in [7, 11) is 1.58. The number of hydrogen-bond donors (Lipinski definition) is 1. The average Bonchev–Trinajstić information content (AvgIpc) is 2.66. The molecule has 1 unspecified atom stereocenters. The van der Waals surface area contributed by atoms with Gasteiger partial charge in [0.25, 0.3) is 5.56 Å². The van der Waals surface area contributed by atoms with E-state index in [0.717, 1.165) is 5.69 Å². The molecule has 0 spiro atoms. The number of amides is 2. The van der Waals surface area contributed by atoms with Gasteiger partial charge in [0.1, 0.15) is 17.6 Å². The Bertz CT molecular complexity index is 907. The van der Waals surface area contributed by atoms with Crippen molar-refractivity contribution in [3.05, 3.63) is 52.2 Å². The highest BCUT2D eigenvalue weighted by Crippen LogP contribution is 2.23. The van der Waals surface area contributed by atoms with Gasteiger partial charge in [-0.2, -0.15) is 0 Å². The lowest BCUT2D eigenvalue weighted by molar-refractivity contribution is -0.140. The number of nitrogens with one attached hydrogen (secondary N) is 1. The highest BCUT2D eigenvalue weighted by molar-refractivity contribution is 6.00. The molecule has 2 heterocycles. The Hall–Kier alpha value is -3.16. The fourth-order valence-electron chi connectivity index (χ4n) is 3.13. The van der Waals surface area contributed by atoms with Crippen LogP contribution in [-0.4, -0.2) is 52.9 Å². The molecule has 1 atom stereocenters. The average molecular weight is 370 g/mol. The van der Waals surface area contributed by atoms with Gasteiger partial charge in [-0.3, -0.25) is 14.4 Å². The van der Waals surface area contributed by atoms with Crippen molar-refractivity contribution < 1.29 is 14.3 Å². The summed E-state index contributed by atoms with van der Waals surface area (Å²) in [5.74, 6) is 0.787. The first-order valence-electron chi connectivity index (χ1n) is 8.70. The Balaban J connectivity index is 1.71. The van der Waals surface area contributed by atoms with Crippen LogP contribution in [0.15, 0.2) is 35.3 Å². The highest BCUT2D eigenvalue weighted by atomic mass is 16.5. The predicted molar refractivity (Wildman–Crippen MR) is 99.8 cm³/mol. The van der Waals surface area contributed by atoms with Gasteiger partial charge in [0, 0.05) is 30.5 Å². The summed E-state index contributed by atoms with van der Waals surface area (Å²) in [4.78, 5) is 47.2. The van der Waals surface area contributed by atoms with Gasteiger partial charge in [-0.05, 0) is 38.1 Å². The lowest BCUT2D eigenvalue weighted by Crippen LogP contribution is -2.58. The van der Waals surface area contributed by atoms with Crippen molar-refractivity contribution in [2.45, 2.75) is 26.3 Å². The quantitative estimate of drug-likeness (QED) is 0.862. The monoisotopic (exact) mass is 370 g/mol. The van der Waals surface area contributed by atoms with E-state index in [1.54, 1.807) is 38.0 Å². The predicted octanol–water partition coefficient (Wildman–Crippen LogP) is 0.893. The molecular formula is C19H22N4O4. The van der Waals surface area contributed by atoms with Crippen LogP contribution in [0.25, 0.3) is 0 Å². The second-order valence-corrected chi connectivity index (χ2v) is 6.45. The summed E-state index contributed by atoms with van der Waals surface area (Å²) in [5, 5.41) is 0. The summed E-state index contributed by atoms with van der Waals surface area (Å²) >= 11 is 0. The van der Waals surface area contributed by atoms with Crippen molar-refractivity contribution in [2.24, 2.45) is 0 Å². The summed E-state index contributed by atoms with van der Waals surface area (Å²) in [6.45, 7) is 4.17. The van der Waals surface area contributed by atoms with Crippen LogP contribution in [0.3, 0.4) is 0 Å². The Labute approximate surface area is 156 Å². The molecule has 1 aromatic heterocycles. The van der Waals surface area contributed by atoms with Crippen LogP contribution in [0.1, 0.15) is 18.3 Å². The topological polar surface area (TPSA) is 95.6 Å². The molecule has 1 aliphatic heterocycles. The molecule has 3 rings (SSSR count). The van der Waals surface area contributed by atoms with Crippen molar-refractivity contribution in [3.8, 4) is 5.75 Å². The zero-order chi connectivity index (χ0) is 19.6. The molecule has 1 N–H and O–H groups in total. The number of carbonyl (C=O) groups is 2. The third kappa shape index (κ3) is 3.84. The standard InChI is InChI=1S/C19H22N4O4/c1-12-19(26)23(15-4-6-16(27-3)7-5-15)9-8-22(12)17(24)10-14-11-20-13(2)21-18(14)25/h4-7,11-12H,8-10H2,1-3H3,(H,20,21,25). The molecule has 142 valence electrons. The summed E-state index contributed by atoms with van der Waals surface area (Å²) < 4.78 is 5.14. The van der Waals surface area contributed by atoms with Gasteiger partial charge >= 0.3 is 0 Å². The maximum absolute atomic E-state index is 12.8. The third-order valence-corrected chi connectivity index (χ3v) is 4.70. The molecule has 0 saturated carbocycles. The van der Waals surface area contributed by atoms with Crippen LogP contribution in [-0.2, 0) is 16.0 Å². The number of aromatic amines is 1. The molecule has 0 aliphatic carbocycles. The van der Waals surface area contributed by atoms with Crippen LogP contribution in [0.5, 0.6) is 5.75 Å². The number of nitrogens with zero attached hydrogens (tertiary/aromatic N) is 3. The van der Waals surface area contributed by atoms with E-state index in [-0.39, 0.29) is 23.8 Å². The summed E-state index contributed by atoms with van der Waals surface area (Å²) in [6, 6.07) is 6.62. The Morgan fingerprint density at radius 2 is 1.96 bits per heavy atom. The van der Waals surface area contributed by atoms with Crippen molar-refractivity contribution in [3.63, 3.8) is 0 Å². The van der Waals surface area contributed by atoms with Gasteiger partial charge in [-0.25, -0.2) is 4.98 Å². The van der Waals surface area contributed by atoms with E-state index in [2.05, 4.69) is 9.97 Å². The Morgan fingerprint density at radius 3 is 2.59 bits per heavy atom. The first-order valence-corrected chi connectivity index (χ1v) is 8.70. The second-order valence-electron chi connectivity index (χ2n) is 6.45. The fraction of sp³-hybridized carbons (Fsp3) is 0.368. The smallest absolute Gasteiger partial charge is 0.254 e. The Morgan fingerprint density at radius 1 is 1.26 bits per heavy atom. The van der Waals surface area contributed by atoms with E-state index >= 15 is 0 Å². The summed E-state index contributed by atoms with van der Waals surface area (Å²) in [5.41, 5.74) is 0.730. The molecule has 0 radical (unpaired) electrons. The molecule has 1 aromatic carbocycles. The molecule has 1 saturated heterocycles. The SMILES string of the molecule is COc1ccc(N2CCN(C(=O)Cc3cnc(C)[nH]c3=O)C(C)C2=O)cc1. The lowest BCUT2D eigenvalue weighted by Gasteiger charge is -2.39. The van der Waals surface area contributed by atoms with Crippen LogP contribution in [0.2, 0.25) is 0 Å². The first kappa shape index (κ1) is 18.6. The van der Waals surface area contributed by atoms with Gasteiger partial charge in [0.05, 0.1) is 13.5 Å². The van der Waals surface area contributed by atoms with Gasteiger partial charge in [0.15, 0.2) is 0 Å². The van der Waals surface area contributed by atoms with E-state index in [1.807, 2.05) is 12.1 Å². The van der Waals surface area contributed by atoms with Gasteiger partial charge in [-0.15, -0.1) is 0 Å². The van der Waals surface area contributed by atoms with Gasteiger partial charge < -0.3 is 19.5 Å². The van der Waals surface area contributed by atoms with Crippen molar-refractivity contribution >= 4 is 17.5 Å². The minimum Gasteiger partial charge on any atom is -0.497 e. The molecule has 8 heteroatoms. The van der Waals surface area contributed by atoms with Crippen LogP contribution >= 0.6 is 0 Å². The Kier molecular flexibility index (Phi) is 5.25. The largest absolute Gasteiger partial charge is 0.497 e. The number of anilines is 1.